The highest BCUT2D eigenvalue weighted by Crippen LogP contribution is 1.98. The number of nitrogens with one attached hydrogen (secondary N) is 1. The van der Waals surface area contributed by atoms with E-state index in [1.54, 1.807) is 31.3 Å². The SMILES string of the molecule is CNOC(=O)c1ccccc1. The van der Waals surface area contributed by atoms with Crippen molar-refractivity contribution in [2.75, 3.05) is 7.05 Å². The van der Waals surface area contributed by atoms with Gasteiger partial charge in [-0.15, -0.1) is 0 Å². The molecule has 0 radical (unpaired) electrons. The quantitative estimate of drug-likeness (QED) is 0.640. The third-order valence-corrected chi connectivity index (χ3v) is 1.20. The van der Waals surface area contributed by atoms with Gasteiger partial charge < -0.3 is 4.84 Å². The smallest absolute Gasteiger partial charge is 0.356 e. The van der Waals surface area contributed by atoms with E-state index in [1.807, 2.05) is 6.07 Å². The minimum absolute atomic E-state index is 0.367. The fourth-order valence-corrected chi connectivity index (χ4v) is 0.726. The van der Waals surface area contributed by atoms with Crippen molar-refractivity contribution in [1.29, 1.82) is 0 Å². The van der Waals surface area contributed by atoms with Crippen LogP contribution in [0.3, 0.4) is 0 Å². The van der Waals surface area contributed by atoms with Crippen LogP contribution in [-0.4, -0.2) is 13.0 Å². The molecular weight excluding hydrogens is 142 g/mol. The molecule has 1 rings (SSSR count). The predicted octanol–water partition coefficient (Wildman–Crippen LogP) is 0.978. The van der Waals surface area contributed by atoms with Gasteiger partial charge in [0.15, 0.2) is 0 Å². The highest BCUT2D eigenvalue weighted by molar-refractivity contribution is 5.89. The van der Waals surface area contributed by atoms with E-state index in [1.165, 1.54) is 0 Å². The number of hydrogen-bond donors (Lipinski definition) is 1. The first-order valence-electron chi connectivity index (χ1n) is 3.27. The van der Waals surface area contributed by atoms with Crippen LogP contribution in [0.1, 0.15) is 10.4 Å². The number of rotatable bonds is 2. The molecule has 0 aliphatic heterocycles. The van der Waals surface area contributed by atoms with Crippen LogP contribution in [0.25, 0.3) is 0 Å². The second-order valence-electron chi connectivity index (χ2n) is 1.96. The van der Waals surface area contributed by atoms with Crippen molar-refractivity contribution in [3.8, 4) is 0 Å². The molecule has 0 aliphatic rings. The van der Waals surface area contributed by atoms with Crippen molar-refractivity contribution in [2.45, 2.75) is 0 Å². The van der Waals surface area contributed by atoms with Gasteiger partial charge in [0.05, 0.1) is 5.56 Å². The lowest BCUT2D eigenvalue weighted by atomic mass is 10.2. The number of hydrogen-bond acceptors (Lipinski definition) is 3. The molecule has 0 atom stereocenters. The Morgan fingerprint density at radius 3 is 2.55 bits per heavy atom. The van der Waals surface area contributed by atoms with Gasteiger partial charge in [0.1, 0.15) is 0 Å². The highest BCUT2D eigenvalue weighted by Gasteiger charge is 2.03. The number of hydroxylamine groups is 1. The van der Waals surface area contributed by atoms with Gasteiger partial charge in [-0.25, -0.2) is 4.79 Å². The third-order valence-electron chi connectivity index (χ3n) is 1.20. The summed E-state index contributed by atoms with van der Waals surface area (Å²) in [6.07, 6.45) is 0. The van der Waals surface area contributed by atoms with Gasteiger partial charge in [-0.05, 0) is 12.1 Å². The zero-order valence-corrected chi connectivity index (χ0v) is 6.20. The van der Waals surface area contributed by atoms with E-state index in [4.69, 9.17) is 0 Å². The summed E-state index contributed by atoms with van der Waals surface area (Å²) in [6.45, 7) is 0. The molecule has 3 nitrogen and oxygen atoms in total. The van der Waals surface area contributed by atoms with E-state index >= 15 is 0 Å². The minimum atomic E-state index is -0.367. The van der Waals surface area contributed by atoms with Crippen LogP contribution < -0.4 is 5.48 Å². The van der Waals surface area contributed by atoms with Crippen molar-refractivity contribution in [3.63, 3.8) is 0 Å². The molecule has 0 spiro atoms. The summed E-state index contributed by atoms with van der Waals surface area (Å²) in [5.41, 5.74) is 2.86. The Labute approximate surface area is 64.9 Å². The van der Waals surface area contributed by atoms with Crippen molar-refractivity contribution in [1.82, 2.24) is 5.48 Å². The van der Waals surface area contributed by atoms with Crippen molar-refractivity contribution in [3.05, 3.63) is 35.9 Å². The second-order valence-corrected chi connectivity index (χ2v) is 1.96. The van der Waals surface area contributed by atoms with Gasteiger partial charge in [0.2, 0.25) is 0 Å². The lowest BCUT2D eigenvalue weighted by molar-refractivity contribution is 0.0310. The van der Waals surface area contributed by atoms with Gasteiger partial charge in [-0.2, -0.15) is 5.48 Å². The van der Waals surface area contributed by atoms with Crippen molar-refractivity contribution < 1.29 is 9.63 Å². The fraction of sp³-hybridized carbons (Fsp3) is 0.125. The fourth-order valence-electron chi connectivity index (χ4n) is 0.726. The van der Waals surface area contributed by atoms with E-state index in [9.17, 15) is 4.79 Å². The second kappa shape index (κ2) is 3.73. The monoisotopic (exact) mass is 151 g/mol. The Hall–Kier alpha value is -1.35. The Morgan fingerprint density at radius 2 is 2.00 bits per heavy atom. The van der Waals surface area contributed by atoms with E-state index < -0.39 is 0 Å². The van der Waals surface area contributed by atoms with Crippen molar-refractivity contribution in [2.24, 2.45) is 0 Å². The molecule has 58 valence electrons. The molecule has 0 fully saturated rings. The van der Waals surface area contributed by atoms with Crippen LogP contribution in [0.5, 0.6) is 0 Å². The molecule has 3 heteroatoms. The Morgan fingerprint density at radius 1 is 1.36 bits per heavy atom. The summed E-state index contributed by atoms with van der Waals surface area (Å²) in [4.78, 5) is 15.5. The molecule has 0 amide bonds. The predicted molar refractivity (Wildman–Crippen MR) is 40.9 cm³/mol. The number of benzene rings is 1. The first-order valence-corrected chi connectivity index (χ1v) is 3.27. The molecule has 0 aromatic heterocycles. The average molecular weight is 151 g/mol. The Kier molecular flexibility index (Phi) is 2.63. The summed E-state index contributed by atoms with van der Waals surface area (Å²) in [5, 5.41) is 0. The summed E-state index contributed by atoms with van der Waals surface area (Å²) < 4.78 is 0. The van der Waals surface area contributed by atoms with Crippen LogP contribution in [0.15, 0.2) is 30.3 Å². The molecule has 11 heavy (non-hydrogen) atoms. The van der Waals surface area contributed by atoms with E-state index in [0.717, 1.165) is 0 Å². The minimum Gasteiger partial charge on any atom is -0.367 e. The van der Waals surface area contributed by atoms with Crippen LogP contribution >= 0.6 is 0 Å². The maximum absolute atomic E-state index is 11.0. The standard InChI is InChI=1S/C8H9NO2/c1-9-11-8(10)7-5-3-2-4-6-7/h2-6,9H,1H3. The molecule has 1 aromatic carbocycles. The van der Waals surface area contributed by atoms with Crippen LogP contribution in [0.2, 0.25) is 0 Å². The Bertz CT molecular complexity index is 233. The Balaban J connectivity index is 2.69. The summed E-state index contributed by atoms with van der Waals surface area (Å²) in [7, 11) is 1.54. The molecule has 0 saturated carbocycles. The molecular formula is C8H9NO2. The largest absolute Gasteiger partial charge is 0.367 e. The van der Waals surface area contributed by atoms with Gasteiger partial charge in [0.25, 0.3) is 0 Å². The highest BCUT2D eigenvalue weighted by atomic mass is 16.7. The van der Waals surface area contributed by atoms with Gasteiger partial charge in [-0.3, -0.25) is 0 Å². The normalized spacial score (nSPS) is 9.18. The maximum atomic E-state index is 11.0. The van der Waals surface area contributed by atoms with Crippen LogP contribution in [0.4, 0.5) is 0 Å². The lowest BCUT2D eigenvalue weighted by Crippen LogP contribution is -2.14. The molecule has 0 unspecified atom stereocenters. The summed E-state index contributed by atoms with van der Waals surface area (Å²) in [5.74, 6) is -0.367. The first-order chi connectivity index (χ1) is 5.34. The van der Waals surface area contributed by atoms with Crippen LogP contribution in [-0.2, 0) is 4.84 Å². The van der Waals surface area contributed by atoms with E-state index in [0.29, 0.717) is 5.56 Å². The van der Waals surface area contributed by atoms with E-state index in [-0.39, 0.29) is 5.97 Å². The summed E-state index contributed by atoms with van der Waals surface area (Å²) in [6, 6.07) is 8.80. The molecule has 0 heterocycles. The maximum Gasteiger partial charge on any atom is 0.356 e. The topological polar surface area (TPSA) is 38.3 Å². The van der Waals surface area contributed by atoms with Crippen molar-refractivity contribution >= 4 is 5.97 Å². The van der Waals surface area contributed by atoms with Gasteiger partial charge in [-0.1, -0.05) is 18.2 Å². The first kappa shape index (κ1) is 7.75. The summed E-state index contributed by atoms with van der Waals surface area (Å²) >= 11 is 0. The molecule has 1 N–H and O–H groups in total. The van der Waals surface area contributed by atoms with Gasteiger partial charge in [0, 0.05) is 7.05 Å². The average Bonchev–Trinajstić information content (AvgIpc) is 2.07. The molecule has 0 aliphatic carbocycles. The number of carbonyl (C=O) groups excluding carboxylic acids is 1. The third kappa shape index (κ3) is 2.05. The number of carbonyl (C=O) groups is 1. The molecule has 1 aromatic rings. The molecule has 0 saturated heterocycles. The molecule has 0 bridgehead atoms. The van der Waals surface area contributed by atoms with Crippen LogP contribution in [0, 0.1) is 0 Å². The zero-order chi connectivity index (χ0) is 8.10. The lowest BCUT2D eigenvalue weighted by Gasteiger charge is -1.99. The van der Waals surface area contributed by atoms with E-state index in [2.05, 4.69) is 10.3 Å². The van der Waals surface area contributed by atoms with Gasteiger partial charge >= 0.3 is 5.97 Å². The zero-order valence-electron chi connectivity index (χ0n) is 6.20.